The molecule has 23 heavy (non-hydrogen) atoms. The molecule has 4 heteroatoms. The number of rotatable bonds is 4. The van der Waals surface area contributed by atoms with Crippen LogP contribution in [0.1, 0.15) is 36.4 Å². The highest BCUT2D eigenvalue weighted by Crippen LogP contribution is 2.40. The lowest BCUT2D eigenvalue weighted by Crippen LogP contribution is -2.06. The number of aryl methyl sites for hydroxylation is 2. The number of nitrogens with zero attached hydrogens (tertiary/aromatic N) is 3. The Morgan fingerprint density at radius 1 is 1.35 bits per heavy atom. The molecule has 1 saturated carbocycles. The first-order valence-electron chi connectivity index (χ1n) is 8.18. The van der Waals surface area contributed by atoms with E-state index in [1.165, 1.54) is 18.4 Å². The Labute approximate surface area is 141 Å². The highest BCUT2D eigenvalue weighted by molar-refractivity contribution is 6.31. The number of fused-ring (bicyclic) bond motifs is 1. The Kier molecular flexibility index (Phi) is 3.49. The molecule has 0 bridgehead atoms. The molecule has 4 rings (SSSR count). The van der Waals surface area contributed by atoms with Crippen molar-refractivity contribution in [2.45, 2.75) is 32.1 Å². The predicted octanol–water partition coefficient (Wildman–Crippen LogP) is 5.04. The fraction of sp³-hybridized carbons (Fsp3) is 0.368. The average Bonchev–Trinajstić information content (AvgIpc) is 3.13. The molecule has 3 nitrogen and oxygen atoms in total. The third-order valence-electron chi connectivity index (χ3n) is 4.84. The van der Waals surface area contributed by atoms with E-state index in [2.05, 4.69) is 41.8 Å². The molecular weight excluding hydrogens is 306 g/mol. The summed E-state index contributed by atoms with van der Waals surface area (Å²) in [5.74, 6) is 2.27. The molecule has 1 aliphatic carbocycles. The van der Waals surface area contributed by atoms with Crippen LogP contribution >= 0.6 is 11.6 Å². The summed E-state index contributed by atoms with van der Waals surface area (Å²) in [5.41, 5.74) is 3.50. The molecule has 1 aromatic carbocycles. The summed E-state index contributed by atoms with van der Waals surface area (Å²) >= 11 is 6.12. The highest BCUT2D eigenvalue weighted by atomic mass is 35.5. The quantitative estimate of drug-likeness (QED) is 0.658. The Morgan fingerprint density at radius 2 is 2.13 bits per heavy atom. The first kappa shape index (κ1) is 14.8. The summed E-state index contributed by atoms with van der Waals surface area (Å²) in [6.45, 7) is 6.53. The summed E-state index contributed by atoms with van der Waals surface area (Å²) in [7, 11) is 2.01. The number of aromatic nitrogens is 3. The van der Waals surface area contributed by atoms with Gasteiger partial charge in [0.2, 0.25) is 0 Å². The molecule has 3 aromatic rings. The van der Waals surface area contributed by atoms with Crippen LogP contribution in [-0.4, -0.2) is 14.3 Å². The SMILES string of the molecule is [CH2]C(CC1CC1)c1c(C)nn(C)c1-n1ccc2cc(Cl)ccc21. The minimum atomic E-state index is 0.288. The van der Waals surface area contributed by atoms with Gasteiger partial charge in [-0.05, 0) is 56.4 Å². The van der Waals surface area contributed by atoms with E-state index >= 15 is 0 Å². The lowest BCUT2D eigenvalue weighted by molar-refractivity contribution is 0.653. The molecule has 2 aromatic heterocycles. The van der Waals surface area contributed by atoms with Crippen LogP contribution < -0.4 is 0 Å². The molecule has 1 radical (unpaired) electrons. The zero-order valence-corrected chi connectivity index (χ0v) is 14.3. The summed E-state index contributed by atoms with van der Waals surface area (Å²) in [5, 5.41) is 6.58. The van der Waals surface area contributed by atoms with Crippen LogP contribution in [0.25, 0.3) is 16.7 Å². The van der Waals surface area contributed by atoms with Gasteiger partial charge in [0.05, 0.1) is 11.2 Å². The van der Waals surface area contributed by atoms with Crippen LogP contribution in [0.15, 0.2) is 30.5 Å². The summed E-state index contributed by atoms with van der Waals surface area (Å²) in [6, 6.07) is 8.12. The molecular formula is C19H21ClN3. The smallest absolute Gasteiger partial charge is 0.138 e. The van der Waals surface area contributed by atoms with Gasteiger partial charge in [-0.25, -0.2) is 0 Å². The number of benzene rings is 1. The van der Waals surface area contributed by atoms with Crippen molar-refractivity contribution in [2.75, 3.05) is 0 Å². The fourth-order valence-corrected chi connectivity index (χ4v) is 3.78. The maximum atomic E-state index is 6.12. The first-order valence-corrected chi connectivity index (χ1v) is 8.56. The standard InChI is InChI=1S/C19H21ClN3/c1-12(10-14-4-5-14)18-13(2)21-22(3)19(18)23-9-8-15-11-16(20)6-7-17(15)23/h6-9,11-12,14H,1,4-5,10H2,2-3H3. The molecule has 1 atom stereocenters. The van der Waals surface area contributed by atoms with Crippen molar-refractivity contribution in [2.24, 2.45) is 13.0 Å². The lowest BCUT2D eigenvalue weighted by atomic mass is 9.95. The van der Waals surface area contributed by atoms with E-state index in [4.69, 9.17) is 11.6 Å². The second kappa shape index (κ2) is 5.41. The van der Waals surface area contributed by atoms with Crippen LogP contribution in [-0.2, 0) is 7.05 Å². The molecule has 2 heterocycles. The predicted molar refractivity (Wildman–Crippen MR) is 95.2 cm³/mol. The van der Waals surface area contributed by atoms with Crippen LogP contribution in [0.3, 0.4) is 0 Å². The molecule has 1 aliphatic rings. The van der Waals surface area contributed by atoms with Crippen molar-refractivity contribution in [3.63, 3.8) is 0 Å². The van der Waals surface area contributed by atoms with E-state index < -0.39 is 0 Å². The van der Waals surface area contributed by atoms with Crippen molar-refractivity contribution in [1.29, 1.82) is 0 Å². The molecule has 0 saturated heterocycles. The monoisotopic (exact) mass is 326 g/mol. The minimum Gasteiger partial charge on any atom is -0.301 e. The van der Waals surface area contributed by atoms with Gasteiger partial charge in [-0.15, -0.1) is 0 Å². The lowest BCUT2D eigenvalue weighted by Gasteiger charge is -2.15. The third-order valence-corrected chi connectivity index (χ3v) is 5.08. The number of halogens is 1. The van der Waals surface area contributed by atoms with Gasteiger partial charge in [-0.1, -0.05) is 24.4 Å². The highest BCUT2D eigenvalue weighted by Gasteiger charge is 2.28. The zero-order valence-electron chi connectivity index (χ0n) is 13.6. The Morgan fingerprint density at radius 3 is 2.87 bits per heavy atom. The molecule has 0 amide bonds. The maximum Gasteiger partial charge on any atom is 0.138 e. The topological polar surface area (TPSA) is 22.8 Å². The van der Waals surface area contributed by atoms with Gasteiger partial charge >= 0.3 is 0 Å². The van der Waals surface area contributed by atoms with Gasteiger partial charge in [-0.3, -0.25) is 4.68 Å². The minimum absolute atomic E-state index is 0.288. The third kappa shape index (κ3) is 2.57. The van der Waals surface area contributed by atoms with Gasteiger partial charge < -0.3 is 4.57 Å². The van der Waals surface area contributed by atoms with Crippen LogP contribution in [0, 0.1) is 19.8 Å². The molecule has 119 valence electrons. The van der Waals surface area contributed by atoms with E-state index in [-0.39, 0.29) is 5.92 Å². The Balaban J connectivity index is 1.86. The van der Waals surface area contributed by atoms with Gasteiger partial charge in [0.25, 0.3) is 0 Å². The molecule has 1 unspecified atom stereocenters. The van der Waals surface area contributed by atoms with Crippen LogP contribution in [0.5, 0.6) is 0 Å². The molecule has 0 spiro atoms. The van der Waals surface area contributed by atoms with Crippen molar-refractivity contribution >= 4 is 22.5 Å². The van der Waals surface area contributed by atoms with Crippen molar-refractivity contribution in [1.82, 2.24) is 14.3 Å². The van der Waals surface area contributed by atoms with E-state index in [1.807, 2.05) is 23.9 Å². The van der Waals surface area contributed by atoms with E-state index in [0.717, 1.165) is 39.8 Å². The largest absolute Gasteiger partial charge is 0.301 e. The molecule has 0 aliphatic heterocycles. The molecule has 1 fully saturated rings. The maximum absolute atomic E-state index is 6.12. The Hall–Kier alpha value is -1.74. The zero-order chi connectivity index (χ0) is 16.1. The number of hydrogen-bond acceptors (Lipinski definition) is 1. The second-order valence-electron chi connectivity index (χ2n) is 6.71. The van der Waals surface area contributed by atoms with E-state index in [1.54, 1.807) is 0 Å². The first-order chi connectivity index (χ1) is 11.0. The average molecular weight is 327 g/mol. The summed E-state index contributed by atoms with van der Waals surface area (Å²) in [4.78, 5) is 0. The van der Waals surface area contributed by atoms with Crippen LogP contribution in [0.4, 0.5) is 0 Å². The van der Waals surface area contributed by atoms with Gasteiger partial charge in [0.1, 0.15) is 5.82 Å². The van der Waals surface area contributed by atoms with Crippen molar-refractivity contribution in [3.05, 3.63) is 53.7 Å². The Bertz CT molecular complexity index is 870. The summed E-state index contributed by atoms with van der Waals surface area (Å²) in [6.07, 6.45) is 5.96. The second-order valence-corrected chi connectivity index (χ2v) is 7.15. The normalized spacial score (nSPS) is 16.2. The van der Waals surface area contributed by atoms with Gasteiger partial charge in [-0.2, -0.15) is 5.10 Å². The van der Waals surface area contributed by atoms with Gasteiger partial charge in [0.15, 0.2) is 0 Å². The van der Waals surface area contributed by atoms with Crippen LogP contribution in [0.2, 0.25) is 5.02 Å². The number of hydrogen-bond donors (Lipinski definition) is 0. The van der Waals surface area contributed by atoms with Gasteiger partial charge in [0, 0.05) is 29.2 Å². The molecule has 0 N–H and O–H groups in total. The van der Waals surface area contributed by atoms with Crippen molar-refractivity contribution in [3.8, 4) is 5.82 Å². The van der Waals surface area contributed by atoms with E-state index in [0.29, 0.717) is 0 Å². The summed E-state index contributed by atoms with van der Waals surface area (Å²) < 4.78 is 4.19. The van der Waals surface area contributed by atoms with E-state index in [9.17, 15) is 0 Å². The van der Waals surface area contributed by atoms with Crippen molar-refractivity contribution < 1.29 is 0 Å². The fourth-order valence-electron chi connectivity index (χ4n) is 3.60.